The Labute approximate surface area is 144 Å². The minimum Gasteiger partial charge on any atom is -0.494 e. The summed E-state index contributed by atoms with van der Waals surface area (Å²) in [5.41, 5.74) is 0. The van der Waals surface area contributed by atoms with Gasteiger partial charge in [-0.3, -0.25) is 4.79 Å². The van der Waals surface area contributed by atoms with Gasteiger partial charge in [0.1, 0.15) is 11.8 Å². The zero-order chi connectivity index (χ0) is 16.7. The van der Waals surface area contributed by atoms with E-state index in [4.69, 9.17) is 4.74 Å². The summed E-state index contributed by atoms with van der Waals surface area (Å²) >= 11 is 3.37. The van der Waals surface area contributed by atoms with Crippen LogP contribution in [0.3, 0.4) is 0 Å². The normalized spacial score (nSPS) is 17.8. The molecule has 126 valence electrons. The van der Waals surface area contributed by atoms with Gasteiger partial charge in [-0.25, -0.2) is 4.79 Å². The molecule has 0 spiro atoms. The molecular weight excluding hydrogens is 362 g/mol. The van der Waals surface area contributed by atoms with Crippen LogP contribution in [0.1, 0.15) is 38.5 Å². The first-order chi connectivity index (χ1) is 11.1. The van der Waals surface area contributed by atoms with Crippen molar-refractivity contribution in [3.8, 4) is 5.75 Å². The molecule has 5 nitrogen and oxygen atoms in total. The quantitative estimate of drug-likeness (QED) is 0.732. The molecule has 23 heavy (non-hydrogen) atoms. The second-order valence-electron chi connectivity index (χ2n) is 5.70. The van der Waals surface area contributed by atoms with E-state index in [9.17, 15) is 14.7 Å². The number of likely N-dealkylation sites (tertiary alicyclic amines) is 1. The molecule has 1 amide bonds. The molecule has 0 bridgehead atoms. The van der Waals surface area contributed by atoms with Crippen LogP contribution in [-0.2, 0) is 9.59 Å². The summed E-state index contributed by atoms with van der Waals surface area (Å²) in [6, 6.07) is 6.97. The summed E-state index contributed by atoms with van der Waals surface area (Å²) in [6.45, 7) is 1.11. The number of carbonyl (C=O) groups is 2. The van der Waals surface area contributed by atoms with E-state index >= 15 is 0 Å². The third-order valence-electron chi connectivity index (χ3n) is 3.98. The summed E-state index contributed by atoms with van der Waals surface area (Å²) in [6.07, 6.45) is 4.19. The van der Waals surface area contributed by atoms with Crippen molar-refractivity contribution in [1.29, 1.82) is 0 Å². The number of amides is 1. The maximum absolute atomic E-state index is 12.2. The Morgan fingerprint density at radius 3 is 2.65 bits per heavy atom. The van der Waals surface area contributed by atoms with Crippen molar-refractivity contribution in [1.82, 2.24) is 4.90 Å². The first-order valence-corrected chi connectivity index (χ1v) is 8.78. The van der Waals surface area contributed by atoms with Crippen molar-refractivity contribution in [2.75, 3.05) is 13.2 Å². The minimum atomic E-state index is -0.892. The summed E-state index contributed by atoms with van der Waals surface area (Å²) in [5, 5.41) is 9.20. The van der Waals surface area contributed by atoms with Gasteiger partial charge in [0.15, 0.2) is 0 Å². The Morgan fingerprint density at radius 2 is 1.96 bits per heavy atom. The molecule has 1 aliphatic heterocycles. The summed E-state index contributed by atoms with van der Waals surface area (Å²) in [4.78, 5) is 24.9. The van der Waals surface area contributed by atoms with E-state index < -0.39 is 12.0 Å². The molecule has 1 aromatic carbocycles. The van der Waals surface area contributed by atoms with Crippen molar-refractivity contribution in [2.24, 2.45) is 0 Å². The van der Waals surface area contributed by atoms with Gasteiger partial charge in [0.05, 0.1) is 6.61 Å². The first kappa shape index (κ1) is 17.8. The molecule has 0 unspecified atom stereocenters. The van der Waals surface area contributed by atoms with Crippen molar-refractivity contribution in [2.45, 2.75) is 44.6 Å². The van der Waals surface area contributed by atoms with E-state index in [2.05, 4.69) is 15.9 Å². The van der Waals surface area contributed by atoms with Crippen LogP contribution in [0.4, 0.5) is 0 Å². The number of piperidine rings is 1. The Balaban J connectivity index is 1.67. The number of unbranched alkanes of at least 4 members (excludes halogenated alkanes) is 1. The number of hydrogen-bond donors (Lipinski definition) is 1. The number of aliphatic carboxylic acids is 1. The molecular formula is C17H22BrNO4. The molecule has 1 N–H and O–H groups in total. The zero-order valence-electron chi connectivity index (χ0n) is 13.0. The number of nitrogens with zero attached hydrogens (tertiary/aromatic N) is 1. The van der Waals surface area contributed by atoms with E-state index in [1.165, 1.54) is 4.90 Å². The molecule has 0 aromatic heterocycles. The highest BCUT2D eigenvalue weighted by Crippen LogP contribution is 2.19. The molecule has 6 heteroatoms. The van der Waals surface area contributed by atoms with Gasteiger partial charge >= 0.3 is 5.97 Å². The van der Waals surface area contributed by atoms with E-state index in [1.807, 2.05) is 24.3 Å². The molecule has 1 atom stereocenters. The second-order valence-corrected chi connectivity index (χ2v) is 6.61. The summed E-state index contributed by atoms with van der Waals surface area (Å²) in [5.74, 6) is -0.140. The van der Waals surface area contributed by atoms with Crippen LogP contribution in [0, 0.1) is 0 Å². The predicted molar refractivity (Wildman–Crippen MR) is 90.5 cm³/mol. The van der Waals surface area contributed by atoms with Gasteiger partial charge in [0.25, 0.3) is 0 Å². The topological polar surface area (TPSA) is 66.8 Å². The van der Waals surface area contributed by atoms with E-state index in [0.29, 0.717) is 32.4 Å². The molecule has 0 saturated carbocycles. The van der Waals surface area contributed by atoms with Crippen LogP contribution < -0.4 is 4.74 Å². The number of carbonyl (C=O) groups excluding carboxylic acids is 1. The summed E-state index contributed by atoms with van der Waals surface area (Å²) in [7, 11) is 0. The van der Waals surface area contributed by atoms with Gasteiger partial charge in [-0.2, -0.15) is 0 Å². The van der Waals surface area contributed by atoms with Crippen LogP contribution in [0.15, 0.2) is 28.7 Å². The fourth-order valence-electron chi connectivity index (χ4n) is 2.73. The maximum atomic E-state index is 12.2. The molecule has 2 rings (SSSR count). The largest absolute Gasteiger partial charge is 0.494 e. The average molecular weight is 384 g/mol. The van der Waals surface area contributed by atoms with Crippen LogP contribution in [0.2, 0.25) is 0 Å². The molecule has 0 aliphatic carbocycles. The van der Waals surface area contributed by atoms with Gasteiger partial charge in [-0.15, -0.1) is 0 Å². The van der Waals surface area contributed by atoms with Crippen molar-refractivity contribution >= 4 is 27.8 Å². The van der Waals surface area contributed by atoms with Crippen LogP contribution in [0.25, 0.3) is 0 Å². The second kappa shape index (κ2) is 8.91. The lowest BCUT2D eigenvalue weighted by Crippen LogP contribution is -2.47. The van der Waals surface area contributed by atoms with E-state index in [0.717, 1.165) is 29.5 Å². The van der Waals surface area contributed by atoms with Crippen molar-refractivity contribution in [3.63, 3.8) is 0 Å². The lowest BCUT2D eigenvalue weighted by molar-refractivity contribution is -0.152. The number of carboxylic acid groups (broad SMARTS) is 1. The number of benzene rings is 1. The minimum absolute atomic E-state index is 0.0549. The average Bonchev–Trinajstić information content (AvgIpc) is 2.56. The Hall–Kier alpha value is -1.56. The van der Waals surface area contributed by atoms with Gasteiger partial charge in [0, 0.05) is 17.4 Å². The fraction of sp³-hybridized carbons (Fsp3) is 0.529. The fourth-order valence-corrected chi connectivity index (χ4v) is 2.99. The third-order valence-corrected chi connectivity index (χ3v) is 4.50. The van der Waals surface area contributed by atoms with Gasteiger partial charge in [-0.1, -0.05) is 15.9 Å². The zero-order valence-corrected chi connectivity index (χ0v) is 14.6. The molecule has 1 aromatic rings. The number of carboxylic acids is 1. The van der Waals surface area contributed by atoms with Gasteiger partial charge in [0.2, 0.25) is 5.91 Å². The van der Waals surface area contributed by atoms with E-state index in [-0.39, 0.29) is 5.91 Å². The maximum Gasteiger partial charge on any atom is 0.326 e. The van der Waals surface area contributed by atoms with Crippen molar-refractivity contribution in [3.05, 3.63) is 28.7 Å². The smallest absolute Gasteiger partial charge is 0.326 e. The lowest BCUT2D eigenvalue weighted by Gasteiger charge is -2.33. The molecule has 1 heterocycles. The highest BCUT2D eigenvalue weighted by atomic mass is 79.9. The Kier molecular flexibility index (Phi) is 6.89. The van der Waals surface area contributed by atoms with Gasteiger partial charge < -0.3 is 14.7 Å². The molecule has 1 fully saturated rings. The Morgan fingerprint density at radius 1 is 1.22 bits per heavy atom. The monoisotopic (exact) mass is 383 g/mol. The first-order valence-electron chi connectivity index (χ1n) is 7.98. The number of ether oxygens (including phenoxy) is 1. The van der Waals surface area contributed by atoms with Crippen LogP contribution in [-0.4, -0.2) is 41.1 Å². The molecule has 1 saturated heterocycles. The van der Waals surface area contributed by atoms with Crippen molar-refractivity contribution < 1.29 is 19.4 Å². The molecule has 0 radical (unpaired) electrons. The van der Waals surface area contributed by atoms with Crippen LogP contribution in [0.5, 0.6) is 5.75 Å². The predicted octanol–water partition coefficient (Wildman–Crippen LogP) is 3.46. The number of rotatable bonds is 7. The number of halogens is 1. The van der Waals surface area contributed by atoms with E-state index in [1.54, 1.807) is 0 Å². The Bertz CT molecular complexity index is 532. The standard InChI is InChI=1S/C17H22BrNO4/c18-13-7-9-14(10-8-13)23-12-4-2-6-16(20)19-11-3-1-5-15(19)17(21)22/h7-10,15H,1-6,11-12H2,(H,21,22)/t15-/m1/s1. The highest BCUT2D eigenvalue weighted by Gasteiger charge is 2.31. The lowest BCUT2D eigenvalue weighted by atomic mass is 10.0. The third kappa shape index (κ3) is 5.53. The number of hydrogen-bond acceptors (Lipinski definition) is 3. The van der Waals surface area contributed by atoms with Gasteiger partial charge in [-0.05, 0) is 56.4 Å². The SMILES string of the molecule is O=C(O)[C@H]1CCCCN1C(=O)CCCCOc1ccc(Br)cc1. The molecule has 1 aliphatic rings. The van der Waals surface area contributed by atoms with Crippen LogP contribution >= 0.6 is 15.9 Å². The summed E-state index contributed by atoms with van der Waals surface area (Å²) < 4.78 is 6.61. The highest BCUT2D eigenvalue weighted by molar-refractivity contribution is 9.10.